The van der Waals surface area contributed by atoms with Gasteiger partial charge in [-0.15, -0.1) is 0 Å². The number of carbonyl (C=O) groups excluding carboxylic acids is 4. The summed E-state index contributed by atoms with van der Waals surface area (Å²) < 4.78 is 24.1. The Kier molecular flexibility index (Phi) is 9.69. The molecule has 0 radical (unpaired) electrons. The van der Waals surface area contributed by atoms with Crippen molar-refractivity contribution >= 4 is 29.7 Å². The molecule has 2 aromatic rings. The topological polar surface area (TPSA) is 167 Å². The molecule has 1 aromatic carbocycles. The predicted octanol–water partition coefficient (Wildman–Crippen LogP) is 2.46. The summed E-state index contributed by atoms with van der Waals surface area (Å²) in [6.07, 6.45) is 1.14. The van der Waals surface area contributed by atoms with Gasteiger partial charge in [0.05, 0.1) is 6.04 Å². The van der Waals surface area contributed by atoms with Gasteiger partial charge in [-0.3, -0.25) is 24.7 Å². The highest BCUT2D eigenvalue weighted by Gasteiger charge is 2.44. The summed E-state index contributed by atoms with van der Waals surface area (Å²) in [6, 6.07) is 4.88. The fourth-order valence-electron chi connectivity index (χ4n) is 4.96. The molecule has 2 aliphatic heterocycles. The molecule has 12 nitrogen and oxygen atoms in total. The van der Waals surface area contributed by atoms with E-state index < -0.39 is 47.8 Å². The molecule has 2 aliphatic rings. The number of aryl methyl sites for hydroxylation is 1. The lowest BCUT2D eigenvalue weighted by atomic mass is 9.89. The van der Waals surface area contributed by atoms with Crippen LogP contribution in [-0.4, -0.2) is 71.0 Å². The van der Waals surface area contributed by atoms with Crippen molar-refractivity contribution in [2.75, 3.05) is 13.1 Å². The van der Waals surface area contributed by atoms with Crippen molar-refractivity contribution in [3.05, 3.63) is 53.2 Å². The van der Waals surface area contributed by atoms with Crippen LogP contribution in [-0.2, 0) is 20.7 Å². The molecule has 1 aromatic heterocycles. The maximum Gasteiger partial charge on any atom is 0.416 e. The average molecular weight is 571 g/mol. The number of aromatic nitrogens is 1. The first-order valence-electron chi connectivity index (χ1n) is 13.8. The van der Waals surface area contributed by atoms with Gasteiger partial charge in [-0.25, -0.2) is 9.18 Å². The lowest BCUT2D eigenvalue weighted by Gasteiger charge is -2.30. The second-order valence-electron chi connectivity index (χ2n) is 10.4. The fraction of sp³-hybridized carbons (Fsp3) is 0.500. The summed E-state index contributed by atoms with van der Waals surface area (Å²) in [7, 11) is 0. The molecule has 4 rings (SSSR count). The first-order valence-corrected chi connectivity index (χ1v) is 13.8. The number of piperidine rings is 1. The van der Waals surface area contributed by atoms with Crippen molar-refractivity contribution in [1.82, 2.24) is 26.0 Å². The zero-order valence-corrected chi connectivity index (χ0v) is 23.1. The number of ether oxygens (including phenoxy) is 1. The van der Waals surface area contributed by atoms with Gasteiger partial charge in [0.25, 0.3) is 5.91 Å². The van der Waals surface area contributed by atoms with Gasteiger partial charge in [-0.2, -0.15) is 0 Å². The maximum atomic E-state index is 13.7. The standard InChI is InChI=1S/C28H35FN6O6/c1-3-4-12-35-24(30)23(40-28(35)39)20(15-18-6-5-11-31-25(18)36)32-26(37)21(14-17-7-9-19(29)10-8-17)33-27(38)22-13-16(2)41-34-22/h7-10,13,18,20-21,23,30H,3-6,11-12,14-15H2,1-2H3,(H,31,36)(H,32,37)(H,33,38)/t18-,20-,21-,23+/m0/s1. The number of rotatable bonds is 12. The van der Waals surface area contributed by atoms with Crippen LogP contribution in [0.5, 0.6) is 0 Å². The average Bonchev–Trinajstić information content (AvgIpc) is 3.51. The maximum absolute atomic E-state index is 13.7. The minimum atomic E-state index is -1.14. The Bertz CT molecular complexity index is 1280. The number of amides is 4. The van der Waals surface area contributed by atoms with Crippen LogP contribution in [0.3, 0.4) is 0 Å². The van der Waals surface area contributed by atoms with E-state index in [0.29, 0.717) is 37.3 Å². The van der Waals surface area contributed by atoms with E-state index in [-0.39, 0.29) is 30.3 Å². The van der Waals surface area contributed by atoms with Crippen LogP contribution in [0, 0.1) is 24.1 Å². The molecule has 2 saturated heterocycles. The van der Waals surface area contributed by atoms with Crippen LogP contribution in [0.2, 0.25) is 0 Å². The van der Waals surface area contributed by atoms with Crippen molar-refractivity contribution in [2.24, 2.45) is 5.92 Å². The van der Waals surface area contributed by atoms with E-state index in [1.165, 1.54) is 35.2 Å². The third-order valence-corrected chi connectivity index (χ3v) is 7.21. The molecule has 0 unspecified atom stereocenters. The molecule has 2 fully saturated rings. The summed E-state index contributed by atoms with van der Waals surface area (Å²) in [4.78, 5) is 53.1. The van der Waals surface area contributed by atoms with Crippen LogP contribution in [0.25, 0.3) is 0 Å². The zero-order valence-electron chi connectivity index (χ0n) is 23.1. The number of benzene rings is 1. The second kappa shape index (κ2) is 13.4. The Morgan fingerprint density at radius 2 is 2.00 bits per heavy atom. The van der Waals surface area contributed by atoms with Crippen molar-refractivity contribution in [1.29, 1.82) is 5.41 Å². The van der Waals surface area contributed by atoms with Crippen LogP contribution in [0.4, 0.5) is 9.18 Å². The van der Waals surface area contributed by atoms with Crippen molar-refractivity contribution in [3.63, 3.8) is 0 Å². The summed E-state index contributed by atoms with van der Waals surface area (Å²) in [5, 5.41) is 20.7. The van der Waals surface area contributed by atoms with E-state index in [4.69, 9.17) is 14.7 Å². The number of halogens is 1. The van der Waals surface area contributed by atoms with Gasteiger partial charge >= 0.3 is 6.09 Å². The van der Waals surface area contributed by atoms with E-state index in [0.717, 1.165) is 12.8 Å². The summed E-state index contributed by atoms with van der Waals surface area (Å²) in [5.41, 5.74) is 0.560. The lowest BCUT2D eigenvalue weighted by Crippen LogP contribution is -2.56. The van der Waals surface area contributed by atoms with Gasteiger partial charge in [-0.05, 0) is 50.3 Å². The summed E-state index contributed by atoms with van der Waals surface area (Å²) >= 11 is 0. The molecule has 0 spiro atoms. The van der Waals surface area contributed by atoms with Crippen LogP contribution in [0.1, 0.15) is 60.8 Å². The molecular formula is C28H35FN6O6. The monoisotopic (exact) mass is 570 g/mol. The Labute approximate surface area is 236 Å². The fourth-order valence-corrected chi connectivity index (χ4v) is 4.96. The SMILES string of the molecule is CCCCN1C(=N)[C@@H]([C@H](C[C@@H]2CCCNC2=O)NC(=O)[C@H](Cc2ccc(F)cc2)NC(=O)c2cc(C)on2)OC1=O. The van der Waals surface area contributed by atoms with Crippen molar-refractivity contribution in [3.8, 4) is 0 Å². The minimum absolute atomic E-state index is 0.00977. The van der Waals surface area contributed by atoms with E-state index in [2.05, 4.69) is 21.1 Å². The van der Waals surface area contributed by atoms with Gasteiger partial charge in [-0.1, -0.05) is 30.6 Å². The molecular weight excluding hydrogens is 535 g/mol. The van der Waals surface area contributed by atoms with E-state index in [9.17, 15) is 23.6 Å². The van der Waals surface area contributed by atoms with E-state index in [1.807, 2.05) is 6.92 Å². The molecule has 0 aliphatic carbocycles. The highest BCUT2D eigenvalue weighted by molar-refractivity contribution is 6.02. The number of carbonyl (C=O) groups is 4. The minimum Gasteiger partial charge on any atom is -0.435 e. The normalized spacial score (nSPS) is 20.3. The first kappa shape index (κ1) is 29.7. The van der Waals surface area contributed by atoms with Gasteiger partial charge < -0.3 is 25.2 Å². The van der Waals surface area contributed by atoms with E-state index >= 15 is 0 Å². The lowest BCUT2D eigenvalue weighted by molar-refractivity contribution is -0.128. The van der Waals surface area contributed by atoms with Crippen molar-refractivity contribution < 1.29 is 32.8 Å². The Balaban J connectivity index is 1.58. The van der Waals surface area contributed by atoms with Gasteiger partial charge in [0.2, 0.25) is 11.8 Å². The number of nitrogens with one attached hydrogen (secondary N) is 4. The Morgan fingerprint density at radius 3 is 2.66 bits per heavy atom. The van der Waals surface area contributed by atoms with Gasteiger partial charge in [0, 0.05) is 31.5 Å². The molecule has 4 atom stereocenters. The Hall–Kier alpha value is -4.29. The number of hydrogen-bond acceptors (Lipinski definition) is 8. The zero-order chi connectivity index (χ0) is 29.5. The molecule has 4 amide bonds. The first-order chi connectivity index (χ1) is 19.7. The number of cyclic esters (lactones) is 1. The third-order valence-electron chi connectivity index (χ3n) is 7.21. The number of nitrogens with zero attached hydrogens (tertiary/aromatic N) is 2. The Morgan fingerprint density at radius 1 is 1.24 bits per heavy atom. The second-order valence-corrected chi connectivity index (χ2v) is 10.4. The molecule has 0 bridgehead atoms. The smallest absolute Gasteiger partial charge is 0.416 e. The molecule has 4 N–H and O–H groups in total. The quantitative estimate of drug-likeness (QED) is 0.304. The molecule has 13 heteroatoms. The van der Waals surface area contributed by atoms with Gasteiger partial charge in [0.1, 0.15) is 23.5 Å². The third kappa shape index (κ3) is 7.47. The van der Waals surface area contributed by atoms with Crippen LogP contribution < -0.4 is 16.0 Å². The number of unbranched alkanes of at least 4 members (excludes halogenated alkanes) is 1. The highest BCUT2D eigenvalue weighted by Crippen LogP contribution is 2.25. The van der Waals surface area contributed by atoms with Gasteiger partial charge in [0.15, 0.2) is 11.8 Å². The van der Waals surface area contributed by atoms with Crippen molar-refractivity contribution in [2.45, 2.75) is 70.6 Å². The van der Waals surface area contributed by atoms with Crippen LogP contribution in [0.15, 0.2) is 34.9 Å². The molecule has 220 valence electrons. The van der Waals surface area contributed by atoms with E-state index in [1.54, 1.807) is 6.92 Å². The largest absolute Gasteiger partial charge is 0.435 e. The number of hydrogen-bond donors (Lipinski definition) is 4. The molecule has 3 heterocycles. The molecule has 0 saturated carbocycles. The predicted molar refractivity (Wildman–Crippen MR) is 144 cm³/mol. The van der Waals surface area contributed by atoms with Crippen LogP contribution >= 0.6 is 0 Å². The summed E-state index contributed by atoms with van der Waals surface area (Å²) in [6.45, 7) is 4.44. The summed E-state index contributed by atoms with van der Waals surface area (Å²) in [5.74, 6) is -2.05. The highest BCUT2D eigenvalue weighted by atomic mass is 19.1. The molecule has 41 heavy (non-hydrogen) atoms. The number of amidine groups is 1.